The third-order valence-corrected chi connectivity index (χ3v) is 4.02. The fraction of sp³-hybridized carbons (Fsp3) is 0.538. The number of benzene rings is 1. The summed E-state index contributed by atoms with van der Waals surface area (Å²) in [5.41, 5.74) is 4.12. The number of hydrogen-bond donors (Lipinski definition) is 2. The maximum Gasteiger partial charge on any atom is 0.0471 e. The van der Waals surface area contributed by atoms with E-state index >= 15 is 0 Å². The summed E-state index contributed by atoms with van der Waals surface area (Å²) >= 11 is 7.07. The van der Waals surface area contributed by atoms with Crippen LogP contribution in [-0.4, -0.2) is 0 Å². The quantitative estimate of drug-likeness (QED) is 0.575. The first-order valence-corrected chi connectivity index (χ1v) is 7.54. The van der Waals surface area contributed by atoms with Crippen molar-refractivity contribution in [3.8, 4) is 0 Å². The van der Waals surface area contributed by atoms with Crippen LogP contribution in [0.5, 0.6) is 0 Å². The molecule has 17 heavy (non-hydrogen) atoms. The van der Waals surface area contributed by atoms with Crippen LogP contribution in [0.1, 0.15) is 44.7 Å². The monoisotopic (exact) mass is 362 g/mol. The van der Waals surface area contributed by atoms with Gasteiger partial charge in [-0.05, 0) is 36.1 Å². The van der Waals surface area contributed by atoms with Gasteiger partial charge in [-0.1, -0.05) is 58.5 Å². The lowest BCUT2D eigenvalue weighted by molar-refractivity contribution is 0.454. The van der Waals surface area contributed by atoms with E-state index in [9.17, 15) is 0 Å². The Bertz CT molecular complexity index is 353. The van der Waals surface area contributed by atoms with Gasteiger partial charge in [0.05, 0.1) is 0 Å². The fourth-order valence-electron chi connectivity index (χ4n) is 1.84. The van der Waals surface area contributed by atoms with E-state index in [2.05, 4.69) is 57.2 Å². The predicted molar refractivity (Wildman–Crippen MR) is 80.6 cm³/mol. The van der Waals surface area contributed by atoms with Crippen molar-refractivity contribution in [1.82, 2.24) is 5.43 Å². The molecule has 0 aliphatic rings. The molecule has 1 aromatic carbocycles. The minimum absolute atomic E-state index is 0.209. The number of hydrogen-bond acceptors (Lipinski definition) is 2. The smallest absolute Gasteiger partial charge is 0.0471 e. The molecule has 0 saturated carbocycles. The molecule has 0 bridgehead atoms. The lowest BCUT2D eigenvalue weighted by Gasteiger charge is -2.18. The van der Waals surface area contributed by atoms with Gasteiger partial charge in [0.2, 0.25) is 0 Å². The Morgan fingerprint density at radius 1 is 1.24 bits per heavy atom. The van der Waals surface area contributed by atoms with Crippen molar-refractivity contribution in [3.05, 3.63) is 32.7 Å². The van der Waals surface area contributed by atoms with Gasteiger partial charge >= 0.3 is 0 Å². The molecule has 0 radical (unpaired) electrons. The van der Waals surface area contributed by atoms with Crippen molar-refractivity contribution in [1.29, 1.82) is 0 Å². The second kappa shape index (κ2) is 7.52. The van der Waals surface area contributed by atoms with Gasteiger partial charge in [0.25, 0.3) is 0 Å². The average Bonchev–Trinajstić information content (AvgIpc) is 2.28. The highest BCUT2D eigenvalue weighted by Gasteiger charge is 2.13. The maximum atomic E-state index is 5.65. The number of rotatable bonds is 6. The number of nitrogens with one attached hydrogen (secondary N) is 1. The van der Waals surface area contributed by atoms with E-state index in [0.717, 1.165) is 21.3 Å². The van der Waals surface area contributed by atoms with Crippen LogP contribution in [0.2, 0.25) is 0 Å². The van der Waals surface area contributed by atoms with Crippen LogP contribution < -0.4 is 11.3 Å². The first-order chi connectivity index (χ1) is 8.04. The van der Waals surface area contributed by atoms with Crippen LogP contribution in [-0.2, 0) is 0 Å². The molecule has 1 unspecified atom stereocenters. The van der Waals surface area contributed by atoms with Gasteiger partial charge in [0.15, 0.2) is 0 Å². The summed E-state index contributed by atoms with van der Waals surface area (Å²) in [4.78, 5) is 0. The van der Waals surface area contributed by atoms with Gasteiger partial charge in [0.1, 0.15) is 0 Å². The van der Waals surface area contributed by atoms with Crippen LogP contribution in [0.15, 0.2) is 27.1 Å². The minimum atomic E-state index is 0.209. The minimum Gasteiger partial charge on any atom is -0.271 e. The first-order valence-electron chi connectivity index (χ1n) is 5.95. The van der Waals surface area contributed by atoms with Crippen LogP contribution in [0.25, 0.3) is 0 Å². The van der Waals surface area contributed by atoms with E-state index < -0.39 is 0 Å². The molecule has 0 saturated heterocycles. The largest absolute Gasteiger partial charge is 0.271 e. The van der Waals surface area contributed by atoms with Gasteiger partial charge in [-0.15, -0.1) is 0 Å². The van der Waals surface area contributed by atoms with Crippen molar-refractivity contribution in [2.75, 3.05) is 0 Å². The topological polar surface area (TPSA) is 38.0 Å². The molecule has 1 atom stereocenters. The summed E-state index contributed by atoms with van der Waals surface area (Å²) in [6.07, 6.45) is 3.49. The average molecular weight is 364 g/mol. The Morgan fingerprint density at radius 3 is 2.53 bits per heavy atom. The molecule has 3 N–H and O–H groups in total. The molecular weight excluding hydrogens is 344 g/mol. The van der Waals surface area contributed by atoms with Gasteiger partial charge in [-0.2, -0.15) is 0 Å². The molecule has 0 fully saturated rings. The SMILES string of the molecule is CC(C)CCCC(NN)c1cc(Br)ccc1Br. The summed E-state index contributed by atoms with van der Waals surface area (Å²) < 4.78 is 2.19. The molecule has 0 amide bonds. The summed E-state index contributed by atoms with van der Waals surface area (Å²) in [6.45, 7) is 4.50. The predicted octanol–water partition coefficient (Wildman–Crippen LogP) is 4.54. The van der Waals surface area contributed by atoms with Crippen molar-refractivity contribution in [3.63, 3.8) is 0 Å². The van der Waals surface area contributed by atoms with Crippen molar-refractivity contribution in [2.24, 2.45) is 11.8 Å². The van der Waals surface area contributed by atoms with E-state index in [-0.39, 0.29) is 6.04 Å². The number of hydrazine groups is 1. The molecule has 0 aromatic heterocycles. The van der Waals surface area contributed by atoms with E-state index in [4.69, 9.17) is 5.84 Å². The normalized spacial score (nSPS) is 13.1. The van der Waals surface area contributed by atoms with E-state index in [1.54, 1.807) is 0 Å². The zero-order valence-electron chi connectivity index (χ0n) is 10.3. The highest BCUT2D eigenvalue weighted by Crippen LogP contribution is 2.29. The number of nitrogens with two attached hydrogens (primary N) is 1. The highest BCUT2D eigenvalue weighted by molar-refractivity contribution is 9.11. The van der Waals surface area contributed by atoms with Crippen molar-refractivity contribution in [2.45, 2.75) is 39.2 Å². The molecule has 96 valence electrons. The molecule has 1 rings (SSSR count). The van der Waals surface area contributed by atoms with Gasteiger partial charge < -0.3 is 0 Å². The van der Waals surface area contributed by atoms with Gasteiger partial charge in [0, 0.05) is 15.0 Å². The zero-order chi connectivity index (χ0) is 12.8. The van der Waals surface area contributed by atoms with Crippen LogP contribution in [0.3, 0.4) is 0 Å². The molecule has 0 aliphatic heterocycles. The summed E-state index contributed by atoms with van der Waals surface area (Å²) in [5.74, 6) is 6.40. The zero-order valence-corrected chi connectivity index (χ0v) is 13.5. The first kappa shape index (κ1) is 15.2. The maximum absolute atomic E-state index is 5.65. The second-order valence-corrected chi connectivity index (χ2v) is 6.48. The molecule has 0 aliphatic carbocycles. The summed E-state index contributed by atoms with van der Waals surface area (Å²) in [6, 6.07) is 6.39. The van der Waals surface area contributed by atoms with Crippen LogP contribution in [0.4, 0.5) is 0 Å². The summed E-state index contributed by atoms with van der Waals surface area (Å²) in [7, 11) is 0. The molecule has 0 spiro atoms. The summed E-state index contributed by atoms with van der Waals surface area (Å²) in [5, 5.41) is 0. The molecule has 2 nitrogen and oxygen atoms in total. The third kappa shape index (κ3) is 5.08. The Kier molecular flexibility index (Phi) is 6.70. The van der Waals surface area contributed by atoms with Crippen molar-refractivity contribution >= 4 is 31.9 Å². The van der Waals surface area contributed by atoms with E-state index in [1.807, 2.05) is 12.1 Å². The lowest BCUT2D eigenvalue weighted by atomic mass is 9.98. The Morgan fingerprint density at radius 2 is 1.94 bits per heavy atom. The molecule has 1 aromatic rings. The third-order valence-electron chi connectivity index (χ3n) is 2.81. The number of halogens is 2. The van der Waals surface area contributed by atoms with Gasteiger partial charge in [-0.3, -0.25) is 11.3 Å². The van der Waals surface area contributed by atoms with E-state index in [0.29, 0.717) is 0 Å². The molecule has 4 heteroatoms. The standard InChI is InChI=1S/C13H20Br2N2/c1-9(2)4-3-5-13(17-16)11-8-10(14)6-7-12(11)15/h6-9,13,17H,3-5,16H2,1-2H3. The highest BCUT2D eigenvalue weighted by atomic mass is 79.9. The fourth-order valence-corrected chi connectivity index (χ4v) is 2.74. The molecular formula is C13H20Br2N2. The lowest BCUT2D eigenvalue weighted by Crippen LogP contribution is -2.28. The Balaban J connectivity index is 2.68. The van der Waals surface area contributed by atoms with E-state index in [1.165, 1.54) is 18.4 Å². The molecule has 0 heterocycles. The van der Waals surface area contributed by atoms with Gasteiger partial charge in [-0.25, -0.2) is 0 Å². The van der Waals surface area contributed by atoms with Crippen LogP contribution >= 0.6 is 31.9 Å². The van der Waals surface area contributed by atoms with Crippen LogP contribution in [0, 0.1) is 5.92 Å². The Hall–Kier alpha value is 0.1000. The second-order valence-electron chi connectivity index (χ2n) is 4.71. The Labute approximate surface area is 121 Å². The van der Waals surface area contributed by atoms with Crippen molar-refractivity contribution < 1.29 is 0 Å².